The Morgan fingerprint density at radius 1 is 0.947 bits per heavy atom. The monoisotopic (exact) mass is 289 g/mol. The van der Waals surface area contributed by atoms with E-state index < -0.39 is 0 Å². The molecule has 0 aromatic carbocycles. The van der Waals surface area contributed by atoms with Crippen LogP contribution >= 0.6 is 12.6 Å². The van der Waals surface area contributed by atoms with E-state index in [2.05, 4.69) is 38.7 Å². The van der Waals surface area contributed by atoms with Crippen molar-refractivity contribution < 1.29 is 4.74 Å². The van der Waals surface area contributed by atoms with Crippen molar-refractivity contribution in [2.75, 3.05) is 32.1 Å². The van der Waals surface area contributed by atoms with Crippen molar-refractivity contribution in [3.63, 3.8) is 0 Å². The molecule has 19 heavy (non-hydrogen) atoms. The van der Waals surface area contributed by atoms with Gasteiger partial charge in [0.25, 0.3) is 0 Å². The summed E-state index contributed by atoms with van der Waals surface area (Å²) in [5.74, 6) is 2.46. The van der Waals surface area contributed by atoms with Crippen LogP contribution < -0.4 is 5.32 Å². The van der Waals surface area contributed by atoms with Gasteiger partial charge in [-0.3, -0.25) is 0 Å². The maximum Gasteiger partial charge on any atom is 0.0554 e. The lowest BCUT2D eigenvalue weighted by Gasteiger charge is -2.16. The first-order chi connectivity index (χ1) is 9.20. The van der Waals surface area contributed by atoms with Gasteiger partial charge in [0.15, 0.2) is 0 Å². The third kappa shape index (κ3) is 14.5. The Morgan fingerprint density at radius 3 is 2.26 bits per heavy atom. The fraction of sp³-hybridized carbons (Fsp3) is 1.00. The van der Waals surface area contributed by atoms with Gasteiger partial charge in [-0.15, -0.1) is 0 Å². The number of thiol groups is 1. The highest BCUT2D eigenvalue weighted by Crippen LogP contribution is 2.17. The van der Waals surface area contributed by atoms with E-state index in [1.807, 2.05) is 0 Å². The molecule has 0 saturated heterocycles. The van der Waals surface area contributed by atoms with Gasteiger partial charge in [0.05, 0.1) is 6.61 Å². The number of unbranched alkanes of at least 4 members (excludes halogenated alkanes) is 1. The van der Waals surface area contributed by atoms with Gasteiger partial charge in [0.2, 0.25) is 0 Å². The van der Waals surface area contributed by atoms with E-state index in [1.54, 1.807) is 0 Å². The van der Waals surface area contributed by atoms with Crippen LogP contribution in [0.5, 0.6) is 0 Å². The standard InChI is InChI=1S/C16H35NOS/c1-4-5-10-17-11-8-15(2)6-7-16(3)9-12-18-13-14-19/h15-17,19H,4-14H2,1-3H3. The second-order valence-corrected chi connectivity index (χ2v) is 6.25. The SMILES string of the molecule is CCCCNCCC(C)CCC(C)CCOCCS. The Morgan fingerprint density at radius 2 is 1.63 bits per heavy atom. The quantitative estimate of drug-likeness (QED) is 0.370. The number of ether oxygens (including phenoxy) is 1. The molecule has 0 aliphatic heterocycles. The lowest BCUT2D eigenvalue weighted by Crippen LogP contribution is -2.18. The summed E-state index contributed by atoms with van der Waals surface area (Å²) in [6.45, 7) is 11.0. The van der Waals surface area contributed by atoms with E-state index in [4.69, 9.17) is 4.74 Å². The van der Waals surface area contributed by atoms with Crippen LogP contribution in [-0.2, 0) is 4.74 Å². The van der Waals surface area contributed by atoms with E-state index >= 15 is 0 Å². The molecule has 0 aromatic heterocycles. The number of hydrogen-bond acceptors (Lipinski definition) is 3. The maximum atomic E-state index is 5.48. The van der Waals surface area contributed by atoms with Crippen molar-refractivity contribution in [3.8, 4) is 0 Å². The zero-order chi connectivity index (χ0) is 14.3. The lowest BCUT2D eigenvalue weighted by atomic mass is 9.94. The molecule has 2 atom stereocenters. The van der Waals surface area contributed by atoms with Gasteiger partial charge >= 0.3 is 0 Å². The average Bonchev–Trinajstić information content (AvgIpc) is 2.41. The molecule has 0 rings (SSSR count). The van der Waals surface area contributed by atoms with Crippen LogP contribution in [0.25, 0.3) is 0 Å². The predicted molar refractivity (Wildman–Crippen MR) is 89.2 cm³/mol. The van der Waals surface area contributed by atoms with Gasteiger partial charge in [-0.1, -0.05) is 40.0 Å². The Kier molecular flexibility index (Phi) is 14.9. The van der Waals surface area contributed by atoms with Gasteiger partial charge in [0.1, 0.15) is 0 Å². The largest absolute Gasteiger partial charge is 0.381 e. The highest BCUT2D eigenvalue weighted by Gasteiger charge is 2.06. The molecule has 0 radical (unpaired) electrons. The van der Waals surface area contributed by atoms with Crippen molar-refractivity contribution in [1.29, 1.82) is 0 Å². The first kappa shape index (κ1) is 19.3. The number of hydrogen-bond donors (Lipinski definition) is 2. The van der Waals surface area contributed by atoms with Gasteiger partial charge in [0, 0.05) is 12.4 Å². The summed E-state index contributed by atoms with van der Waals surface area (Å²) in [6.07, 6.45) is 7.78. The summed E-state index contributed by atoms with van der Waals surface area (Å²) in [6, 6.07) is 0. The summed E-state index contributed by atoms with van der Waals surface area (Å²) in [5.41, 5.74) is 0. The second-order valence-electron chi connectivity index (χ2n) is 5.80. The van der Waals surface area contributed by atoms with Crippen molar-refractivity contribution in [3.05, 3.63) is 0 Å². The fourth-order valence-corrected chi connectivity index (χ4v) is 2.21. The Bertz CT molecular complexity index is 178. The Balaban J connectivity index is 3.32. The fourth-order valence-electron chi connectivity index (χ4n) is 2.08. The summed E-state index contributed by atoms with van der Waals surface area (Å²) in [4.78, 5) is 0. The van der Waals surface area contributed by atoms with E-state index in [9.17, 15) is 0 Å². The van der Waals surface area contributed by atoms with Gasteiger partial charge < -0.3 is 10.1 Å². The van der Waals surface area contributed by atoms with E-state index in [-0.39, 0.29) is 0 Å². The van der Waals surface area contributed by atoms with Crippen LogP contribution in [0.3, 0.4) is 0 Å². The third-order valence-electron chi connectivity index (χ3n) is 3.66. The Hall–Kier alpha value is 0.270. The van der Waals surface area contributed by atoms with E-state index in [0.29, 0.717) is 0 Å². The summed E-state index contributed by atoms with van der Waals surface area (Å²) in [5, 5.41) is 3.53. The van der Waals surface area contributed by atoms with Crippen LogP contribution in [0.2, 0.25) is 0 Å². The highest BCUT2D eigenvalue weighted by atomic mass is 32.1. The van der Waals surface area contributed by atoms with Crippen LogP contribution in [0.15, 0.2) is 0 Å². The molecule has 0 amide bonds. The van der Waals surface area contributed by atoms with Crippen LogP contribution in [-0.4, -0.2) is 32.1 Å². The second kappa shape index (κ2) is 14.7. The van der Waals surface area contributed by atoms with Crippen molar-refractivity contribution >= 4 is 12.6 Å². The third-order valence-corrected chi connectivity index (χ3v) is 3.85. The molecule has 0 saturated carbocycles. The van der Waals surface area contributed by atoms with Crippen molar-refractivity contribution in [2.24, 2.45) is 11.8 Å². The van der Waals surface area contributed by atoms with Gasteiger partial charge in [-0.05, 0) is 44.2 Å². The molecule has 0 heterocycles. The Labute approximate surface area is 126 Å². The molecule has 1 N–H and O–H groups in total. The molecule has 0 aliphatic rings. The topological polar surface area (TPSA) is 21.3 Å². The van der Waals surface area contributed by atoms with E-state index in [1.165, 1.54) is 51.6 Å². The van der Waals surface area contributed by atoms with Gasteiger partial charge in [-0.2, -0.15) is 12.6 Å². The van der Waals surface area contributed by atoms with Gasteiger partial charge in [-0.25, -0.2) is 0 Å². The molecule has 116 valence electrons. The summed E-state index contributed by atoms with van der Waals surface area (Å²) in [7, 11) is 0. The predicted octanol–water partition coefficient (Wildman–Crippen LogP) is 4.16. The molecule has 0 spiro atoms. The first-order valence-corrected chi connectivity index (χ1v) is 8.73. The summed E-state index contributed by atoms with van der Waals surface area (Å²) >= 11 is 4.14. The van der Waals surface area contributed by atoms with Crippen molar-refractivity contribution in [1.82, 2.24) is 5.32 Å². The molecular weight excluding hydrogens is 254 g/mol. The van der Waals surface area contributed by atoms with Crippen LogP contribution in [0.4, 0.5) is 0 Å². The normalized spacial score (nSPS) is 14.5. The molecule has 2 nitrogen and oxygen atoms in total. The molecule has 0 aliphatic carbocycles. The maximum absolute atomic E-state index is 5.48. The number of rotatable bonds is 14. The lowest BCUT2D eigenvalue weighted by molar-refractivity contribution is 0.134. The minimum absolute atomic E-state index is 0.787. The van der Waals surface area contributed by atoms with Crippen LogP contribution in [0, 0.1) is 11.8 Å². The first-order valence-electron chi connectivity index (χ1n) is 8.10. The number of nitrogens with one attached hydrogen (secondary N) is 1. The molecular formula is C16H35NOS. The molecule has 3 heteroatoms. The summed E-state index contributed by atoms with van der Waals surface area (Å²) < 4.78 is 5.48. The zero-order valence-corrected chi connectivity index (χ0v) is 14.2. The highest BCUT2D eigenvalue weighted by molar-refractivity contribution is 7.80. The minimum Gasteiger partial charge on any atom is -0.381 e. The minimum atomic E-state index is 0.787. The van der Waals surface area contributed by atoms with Crippen molar-refractivity contribution in [2.45, 2.75) is 59.3 Å². The smallest absolute Gasteiger partial charge is 0.0554 e. The average molecular weight is 290 g/mol. The molecule has 0 aromatic rings. The zero-order valence-electron chi connectivity index (χ0n) is 13.3. The molecule has 0 bridgehead atoms. The van der Waals surface area contributed by atoms with Crippen LogP contribution in [0.1, 0.15) is 59.3 Å². The van der Waals surface area contributed by atoms with E-state index in [0.717, 1.165) is 30.8 Å². The molecule has 0 fully saturated rings. The molecule has 2 unspecified atom stereocenters.